The number of amides is 1. The van der Waals surface area contributed by atoms with Crippen LogP contribution < -0.4 is 5.32 Å². The van der Waals surface area contributed by atoms with Crippen LogP contribution in [0.15, 0.2) is 97.5 Å². The van der Waals surface area contributed by atoms with Gasteiger partial charge in [0.25, 0.3) is 5.91 Å². The van der Waals surface area contributed by atoms with Gasteiger partial charge in [-0.3, -0.25) is 9.78 Å². The lowest BCUT2D eigenvalue weighted by Gasteiger charge is -2.10. The summed E-state index contributed by atoms with van der Waals surface area (Å²) in [7, 11) is 0. The summed E-state index contributed by atoms with van der Waals surface area (Å²) < 4.78 is 0. The fourth-order valence-electron chi connectivity index (χ4n) is 3.83. The number of carboxylic acids is 1. The van der Waals surface area contributed by atoms with Gasteiger partial charge in [0.1, 0.15) is 0 Å². The van der Waals surface area contributed by atoms with E-state index in [1.807, 2.05) is 36.5 Å². The number of aromatic carboxylic acids is 1. The highest BCUT2D eigenvalue weighted by Gasteiger charge is 2.15. The number of H-pyrrole nitrogens is 1. The number of rotatable bonds is 4. The van der Waals surface area contributed by atoms with Gasteiger partial charge in [-0.1, -0.05) is 30.0 Å². The summed E-state index contributed by atoms with van der Waals surface area (Å²) in [6.45, 7) is 0. The Kier molecular flexibility index (Phi) is 5.81. The molecule has 0 aliphatic heterocycles. The Labute approximate surface area is 201 Å². The molecule has 35 heavy (non-hydrogen) atoms. The van der Waals surface area contributed by atoms with Crippen LogP contribution in [0.2, 0.25) is 0 Å². The molecule has 0 unspecified atom stereocenters. The molecule has 0 radical (unpaired) electrons. The van der Waals surface area contributed by atoms with E-state index in [0.717, 1.165) is 22.0 Å². The maximum atomic E-state index is 12.3. The summed E-state index contributed by atoms with van der Waals surface area (Å²) in [6, 6.07) is 23.4. The lowest BCUT2D eigenvalue weighted by atomic mass is 9.93. The van der Waals surface area contributed by atoms with Gasteiger partial charge in [-0.15, -0.1) is 0 Å². The lowest BCUT2D eigenvalue weighted by molar-refractivity contribution is 0.0697. The average Bonchev–Trinajstić information content (AvgIpc) is 3.36. The van der Waals surface area contributed by atoms with Crippen molar-refractivity contribution in [2.75, 3.05) is 5.32 Å². The quantitative estimate of drug-likeness (QED) is 0.307. The Balaban J connectivity index is 1.45. The zero-order chi connectivity index (χ0) is 24.2. The third kappa shape index (κ3) is 4.65. The van der Waals surface area contributed by atoms with Crippen molar-refractivity contribution in [1.82, 2.24) is 9.97 Å². The third-order valence-corrected chi connectivity index (χ3v) is 5.55. The first-order chi connectivity index (χ1) is 17.1. The number of benzene rings is 3. The molecule has 0 saturated carbocycles. The molecule has 2 aromatic heterocycles. The van der Waals surface area contributed by atoms with Gasteiger partial charge in [-0.25, -0.2) is 4.79 Å². The van der Waals surface area contributed by atoms with Crippen molar-refractivity contribution < 1.29 is 14.7 Å². The number of aromatic amines is 1. The molecular formula is C29H19N3O3. The molecular weight excluding hydrogens is 438 g/mol. The summed E-state index contributed by atoms with van der Waals surface area (Å²) in [6.07, 6.45) is 4.97. The van der Waals surface area contributed by atoms with Gasteiger partial charge >= 0.3 is 5.97 Å². The van der Waals surface area contributed by atoms with Gasteiger partial charge in [-0.2, -0.15) is 0 Å². The molecule has 5 rings (SSSR count). The first-order valence-corrected chi connectivity index (χ1v) is 10.9. The van der Waals surface area contributed by atoms with Gasteiger partial charge in [-0.05, 0) is 71.6 Å². The van der Waals surface area contributed by atoms with E-state index >= 15 is 0 Å². The van der Waals surface area contributed by atoms with Crippen LogP contribution in [-0.2, 0) is 0 Å². The summed E-state index contributed by atoms with van der Waals surface area (Å²) in [5.41, 5.74) is 4.92. The predicted octanol–water partition coefficient (Wildman–Crippen LogP) is 5.58. The largest absolute Gasteiger partial charge is 0.478 e. The van der Waals surface area contributed by atoms with Crippen molar-refractivity contribution in [3.8, 4) is 23.0 Å². The minimum Gasteiger partial charge on any atom is -0.478 e. The number of hydrogen-bond donors (Lipinski definition) is 3. The van der Waals surface area contributed by atoms with Crippen molar-refractivity contribution in [2.45, 2.75) is 0 Å². The molecule has 6 nitrogen and oxygen atoms in total. The number of carboxylic acid groups (broad SMARTS) is 1. The highest BCUT2D eigenvalue weighted by molar-refractivity contribution is 6.04. The second-order valence-electron chi connectivity index (χ2n) is 7.84. The lowest BCUT2D eigenvalue weighted by Crippen LogP contribution is -2.11. The van der Waals surface area contributed by atoms with Crippen molar-refractivity contribution in [1.29, 1.82) is 0 Å². The Bertz CT molecular complexity index is 1610. The van der Waals surface area contributed by atoms with Crippen LogP contribution in [0.5, 0.6) is 0 Å². The molecule has 0 spiro atoms. The molecule has 2 heterocycles. The van der Waals surface area contributed by atoms with E-state index < -0.39 is 5.97 Å². The number of pyridine rings is 1. The van der Waals surface area contributed by atoms with E-state index in [1.165, 1.54) is 6.20 Å². The van der Waals surface area contributed by atoms with Crippen molar-refractivity contribution in [3.05, 3.63) is 120 Å². The molecule has 0 bridgehead atoms. The third-order valence-electron chi connectivity index (χ3n) is 5.55. The van der Waals surface area contributed by atoms with Crippen LogP contribution in [0.25, 0.3) is 22.0 Å². The molecule has 0 saturated heterocycles. The van der Waals surface area contributed by atoms with E-state index in [1.54, 1.807) is 54.7 Å². The molecule has 1 amide bonds. The number of fused-ring (bicyclic) bond motifs is 1. The SMILES string of the molecule is O=C(Nc1ccc(C#Cc2cccc(C(=O)O)c2-c2ccc3cc[nH]c3c2)cc1)c1cccnc1. The van der Waals surface area contributed by atoms with E-state index in [4.69, 9.17) is 0 Å². The number of nitrogens with one attached hydrogen (secondary N) is 2. The maximum absolute atomic E-state index is 12.3. The maximum Gasteiger partial charge on any atom is 0.336 e. The molecule has 168 valence electrons. The molecule has 0 aliphatic rings. The molecule has 3 N–H and O–H groups in total. The molecule has 0 atom stereocenters. The summed E-state index contributed by atoms with van der Waals surface area (Å²) >= 11 is 0. The molecule has 0 fully saturated rings. The number of anilines is 1. The van der Waals surface area contributed by atoms with Gasteiger partial charge in [0.15, 0.2) is 0 Å². The monoisotopic (exact) mass is 457 g/mol. The van der Waals surface area contributed by atoms with Crippen molar-refractivity contribution in [2.24, 2.45) is 0 Å². The van der Waals surface area contributed by atoms with Gasteiger partial charge in [0.05, 0.1) is 11.1 Å². The second kappa shape index (κ2) is 9.38. The topological polar surface area (TPSA) is 95.1 Å². The number of carbonyl (C=O) groups excluding carboxylic acids is 1. The molecule has 5 aromatic rings. The fourth-order valence-corrected chi connectivity index (χ4v) is 3.83. The van der Waals surface area contributed by atoms with Gasteiger partial charge < -0.3 is 15.4 Å². The fraction of sp³-hybridized carbons (Fsp3) is 0. The van der Waals surface area contributed by atoms with Crippen LogP contribution in [0, 0.1) is 11.8 Å². The predicted molar refractivity (Wildman–Crippen MR) is 135 cm³/mol. The number of carbonyl (C=O) groups is 2. The van der Waals surface area contributed by atoms with Gasteiger partial charge in [0.2, 0.25) is 0 Å². The standard InChI is InChI=1S/C29H19N3O3/c33-28(23-4-2-15-30-18-23)32-24-12-7-19(8-13-24)6-9-21-3-1-5-25(29(34)35)27(21)22-11-10-20-14-16-31-26(20)17-22/h1-5,7-8,10-18,31H,(H,32,33)(H,34,35). The van der Waals surface area contributed by atoms with E-state index in [-0.39, 0.29) is 11.5 Å². The van der Waals surface area contributed by atoms with Crippen LogP contribution in [0.3, 0.4) is 0 Å². The molecule has 3 aromatic carbocycles. The number of nitrogens with zero attached hydrogens (tertiary/aromatic N) is 1. The number of aromatic nitrogens is 2. The summed E-state index contributed by atoms with van der Waals surface area (Å²) in [4.78, 5) is 31.4. The molecule has 6 heteroatoms. The first-order valence-electron chi connectivity index (χ1n) is 10.9. The first kappa shape index (κ1) is 21.7. The zero-order valence-corrected chi connectivity index (χ0v) is 18.4. The van der Waals surface area contributed by atoms with Gasteiger partial charge in [0, 0.05) is 46.5 Å². The average molecular weight is 457 g/mol. The summed E-state index contributed by atoms with van der Waals surface area (Å²) in [5.74, 6) is 4.99. The molecule has 0 aliphatic carbocycles. The Morgan fingerprint density at radius 1 is 0.914 bits per heavy atom. The van der Waals surface area contributed by atoms with Crippen molar-refractivity contribution >= 4 is 28.5 Å². The van der Waals surface area contributed by atoms with E-state index in [9.17, 15) is 14.7 Å². The Morgan fingerprint density at radius 2 is 1.77 bits per heavy atom. The zero-order valence-electron chi connectivity index (χ0n) is 18.4. The normalized spacial score (nSPS) is 10.4. The van der Waals surface area contributed by atoms with E-state index in [2.05, 4.69) is 27.1 Å². The second-order valence-corrected chi connectivity index (χ2v) is 7.84. The van der Waals surface area contributed by atoms with Crippen molar-refractivity contribution in [3.63, 3.8) is 0 Å². The highest BCUT2D eigenvalue weighted by atomic mass is 16.4. The minimum atomic E-state index is -1.01. The highest BCUT2D eigenvalue weighted by Crippen LogP contribution is 2.30. The van der Waals surface area contributed by atoms with E-state index in [0.29, 0.717) is 22.4 Å². The van der Waals surface area contributed by atoms with Crippen LogP contribution >= 0.6 is 0 Å². The Morgan fingerprint density at radius 3 is 2.54 bits per heavy atom. The van der Waals surface area contributed by atoms with Crippen LogP contribution in [-0.4, -0.2) is 27.0 Å². The summed E-state index contributed by atoms with van der Waals surface area (Å²) in [5, 5.41) is 13.7. The smallest absolute Gasteiger partial charge is 0.336 e. The van der Waals surface area contributed by atoms with Crippen LogP contribution in [0.4, 0.5) is 5.69 Å². The number of hydrogen-bond acceptors (Lipinski definition) is 3. The minimum absolute atomic E-state index is 0.191. The Hall–Kier alpha value is -5.15. The van der Waals surface area contributed by atoms with Crippen LogP contribution in [0.1, 0.15) is 31.8 Å².